The van der Waals surface area contributed by atoms with Crippen LogP contribution < -0.4 is 5.32 Å². The van der Waals surface area contributed by atoms with Gasteiger partial charge in [-0.05, 0) is 43.3 Å². The third-order valence-electron chi connectivity index (χ3n) is 5.27. The lowest BCUT2D eigenvalue weighted by molar-refractivity contribution is 0.625. The highest BCUT2D eigenvalue weighted by Crippen LogP contribution is 2.32. The molecule has 3 heterocycles. The zero-order valence-corrected chi connectivity index (χ0v) is 15.4. The van der Waals surface area contributed by atoms with Gasteiger partial charge in [0.05, 0.1) is 29.8 Å². The predicted octanol–water partition coefficient (Wildman–Crippen LogP) is 4.09. The van der Waals surface area contributed by atoms with Crippen LogP contribution >= 0.6 is 11.6 Å². The number of fused-ring (bicyclic) bond motifs is 3. The molecule has 0 bridgehead atoms. The lowest BCUT2D eigenvalue weighted by Crippen LogP contribution is -2.14. The van der Waals surface area contributed by atoms with Crippen molar-refractivity contribution in [2.45, 2.75) is 18.9 Å². The summed E-state index contributed by atoms with van der Waals surface area (Å²) in [6.45, 7) is 2.36. The zero-order chi connectivity index (χ0) is 18.4. The van der Waals surface area contributed by atoms with Crippen LogP contribution in [-0.2, 0) is 6.54 Å². The van der Waals surface area contributed by atoms with Crippen molar-refractivity contribution in [2.24, 2.45) is 4.99 Å². The van der Waals surface area contributed by atoms with E-state index in [0.717, 1.165) is 42.3 Å². The molecule has 0 saturated carbocycles. The van der Waals surface area contributed by atoms with Gasteiger partial charge in [-0.2, -0.15) is 0 Å². The van der Waals surface area contributed by atoms with Crippen LogP contribution in [0.2, 0.25) is 5.02 Å². The molecular formula is C21H18ClFN4. The first-order chi connectivity index (χ1) is 13.2. The molecule has 136 valence electrons. The smallest absolute Gasteiger partial charge is 0.132 e. The van der Waals surface area contributed by atoms with Crippen LogP contribution in [0.25, 0.3) is 5.69 Å². The predicted molar refractivity (Wildman–Crippen MR) is 105 cm³/mol. The minimum atomic E-state index is -0.285. The van der Waals surface area contributed by atoms with Crippen molar-refractivity contribution in [3.8, 4) is 5.69 Å². The molecule has 1 aromatic heterocycles. The Morgan fingerprint density at radius 2 is 2.04 bits per heavy atom. The fourth-order valence-corrected chi connectivity index (χ4v) is 4.15. The van der Waals surface area contributed by atoms with E-state index in [4.69, 9.17) is 21.6 Å². The summed E-state index contributed by atoms with van der Waals surface area (Å²) in [7, 11) is 0. The average molecular weight is 381 g/mol. The molecule has 1 saturated heterocycles. The molecule has 1 unspecified atom stereocenters. The van der Waals surface area contributed by atoms with Gasteiger partial charge in [-0.15, -0.1) is 0 Å². The van der Waals surface area contributed by atoms with Gasteiger partial charge >= 0.3 is 0 Å². The molecule has 0 amide bonds. The highest BCUT2D eigenvalue weighted by molar-refractivity contribution is 6.31. The summed E-state index contributed by atoms with van der Waals surface area (Å²) in [6.07, 6.45) is 2.94. The Balaban J connectivity index is 1.73. The van der Waals surface area contributed by atoms with Gasteiger partial charge in [0.15, 0.2) is 0 Å². The summed E-state index contributed by atoms with van der Waals surface area (Å²) in [5.74, 6) is 1.10. The van der Waals surface area contributed by atoms with E-state index in [1.54, 1.807) is 12.1 Å². The Morgan fingerprint density at radius 3 is 2.85 bits per heavy atom. The van der Waals surface area contributed by atoms with Crippen molar-refractivity contribution >= 4 is 17.3 Å². The molecular weight excluding hydrogens is 363 g/mol. The molecule has 1 N–H and O–H groups in total. The molecule has 2 aromatic carbocycles. The van der Waals surface area contributed by atoms with E-state index in [9.17, 15) is 4.39 Å². The van der Waals surface area contributed by atoms with Gasteiger partial charge in [0.25, 0.3) is 0 Å². The SMILES string of the molecule is Fc1ccccc1C1=NCc2cnc(C3CCNC3)n2-c2ccc(Cl)cc21. The molecule has 1 atom stereocenters. The van der Waals surface area contributed by atoms with Gasteiger partial charge in [-0.25, -0.2) is 9.37 Å². The number of aromatic nitrogens is 2. The van der Waals surface area contributed by atoms with Crippen LogP contribution in [0.15, 0.2) is 53.7 Å². The largest absolute Gasteiger partial charge is 0.316 e. The number of hydrogen-bond acceptors (Lipinski definition) is 3. The lowest BCUT2D eigenvalue weighted by Gasteiger charge is -2.17. The molecule has 0 radical (unpaired) electrons. The number of benzene rings is 2. The quantitative estimate of drug-likeness (QED) is 0.727. The molecule has 6 heteroatoms. The highest BCUT2D eigenvalue weighted by atomic mass is 35.5. The van der Waals surface area contributed by atoms with Crippen molar-refractivity contribution in [1.29, 1.82) is 0 Å². The number of imidazole rings is 1. The molecule has 2 aliphatic heterocycles. The van der Waals surface area contributed by atoms with Gasteiger partial charge in [0.2, 0.25) is 0 Å². The van der Waals surface area contributed by atoms with Gasteiger partial charge in [0, 0.05) is 28.6 Å². The summed E-state index contributed by atoms with van der Waals surface area (Å²) >= 11 is 6.31. The minimum Gasteiger partial charge on any atom is -0.316 e. The molecule has 0 spiro atoms. The monoisotopic (exact) mass is 380 g/mol. The van der Waals surface area contributed by atoms with E-state index in [1.807, 2.05) is 30.5 Å². The second-order valence-corrected chi connectivity index (χ2v) is 7.38. The average Bonchev–Trinajstić information content (AvgIpc) is 3.30. The Morgan fingerprint density at radius 1 is 1.15 bits per heavy atom. The number of halogens is 2. The van der Waals surface area contributed by atoms with E-state index in [1.165, 1.54) is 6.07 Å². The number of rotatable bonds is 2. The topological polar surface area (TPSA) is 42.2 Å². The van der Waals surface area contributed by atoms with Crippen LogP contribution in [0.1, 0.15) is 35.0 Å². The second kappa shape index (κ2) is 6.59. The normalized spacial score (nSPS) is 18.6. The standard InChI is InChI=1S/C21H18ClFN4/c22-14-5-6-19-17(9-14)20(16-3-1-2-4-18(16)23)25-11-15-12-26-21(27(15)19)13-7-8-24-10-13/h1-6,9,12-13,24H,7-8,10-11H2. The Labute approximate surface area is 161 Å². The first-order valence-corrected chi connectivity index (χ1v) is 9.47. The maximum absolute atomic E-state index is 14.5. The van der Waals surface area contributed by atoms with Crippen molar-refractivity contribution in [2.75, 3.05) is 13.1 Å². The Kier molecular flexibility index (Phi) is 4.06. The highest BCUT2D eigenvalue weighted by Gasteiger charge is 2.28. The first-order valence-electron chi connectivity index (χ1n) is 9.09. The van der Waals surface area contributed by atoms with Crippen LogP contribution in [0, 0.1) is 5.82 Å². The van der Waals surface area contributed by atoms with Crippen LogP contribution in [0.3, 0.4) is 0 Å². The molecule has 1 fully saturated rings. The van der Waals surface area contributed by atoms with E-state index < -0.39 is 0 Å². The van der Waals surface area contributed by atoms with Crippen molar-refractivity contribution in [1.82, 2.24) is 14.9 Å². The first kappa shape index (κ1) is 16.7. The number of nitrogens with one attached hydrogen (secondary N) is 1. The van der Waals surface area contributed by atoms with Crippen LogP contribution in [0.5, 0.6) is 0 Å². The fourth-order valence-electron chi connectivity index (χ4n) is 3.98. The van der Waals surface area contributed by atoms with Gasteiger partial charge < -0.3 is 5.32 Å². The molecule has 5 rings (SSSR count). The van der Waals surface area contributed by atoms with E-state index in [2.05, 4.69) is 9.88 Å². The summed E-state index contributed by atoms with van der Waals surface area (Å²) in [5.41, 5.74) is 3.91. The number of hydrogen-bond donors (Lipinski definition) is 1. The van der Waals surface area contributed by atoms with E-state index in [-0.39, 0.29) is 5.82 Å². The van der Waals surface area contributed by atoms with Gasteiger partial charge in [-0.1, -0.05) is 23.7 Å². The Bertz CT molecular complexity index is 1050. The molecule has 27 heavy (non-hydrogen) atoms. The summed E-state index contributed by atoms with van der Waals surface area (Å²) in [6, 6.07) is 12.5. The van der Waals surface area contributed by atoms with Crippen molar-refractivity contribution in [3.63, 3.8) is 0 Å². The third-order valence-corrected chi connectivity index (χ3v) is 5.51. The second-order valence-electron chi connectivity index (χ2n) is 6.94. The van der Waals surface area contributed by atoms with Crippen molar-refractivity contribution in [3.05, 3.63) is 82.1 Å². The molecule has 2 aliphatic rings. The van der Waals surface area contributed by atoms with Crippen LogP contribution in [-0.4, -0.2) is 28.4 Å². The lowest BCUT2D eigenvalue weighted by atomic mass is 9.99. The Hall–Kier alpha value is -2.50. The van der Waals surface area contributed by atoms with Gasteiger partial charge in [-0.3, -0.25) is 9.56 Å². The van der Waals surface area contributed by atoms with Gasteiger partial charge in [0.1, 0.15) is 11.6 Å². The number of aliphatic imine (C=N–C) groups is 1. The molecule has 4 nitrogen and oxygen atoms in total. The van der Waals surface area contributed by atoms with E-state index >= 15 is 0 Å². The van der Waals surface area contributed by atoms with Crippen LogP contribution in [0.4, 0.5) is 4.39 Å². The maximum atomic E-state index is 14.5. The summed E-state index contributed by atoms with van der Waals surface area (Å²) in [4.78, 5) is 9.46. The third kappa shape index (κ3) is 2.78. The minimum absolute atomic E-state index is 0.285. The van der Waals surface area contributed by atoms with E-state index in [0.29, 0.717) is 28.8 Å². The zero-order valence-electron chi connectivity index (χ0n) is 14.6. The van der Waals surface area contributed by atoms with Crippen molar-refractivity contribution < 1.29 is 4.39 Å². The molecule has 3 aromatic rings. The summed E-state index contributed by atoms with van der Waals surface area (Å²) < 4.78 is 16.7. The number of nitrogens with zero attached hydrogens (tertiary/aromatic N) is 3. The summed E-state index contributed by atoms with van der Waals surface area (Å²) in [5, 5.41) is 4.01. The molecule has 0 aliphatic carbocycles. The fraction of sp³-hybridized carbons (Fsp3) is 0.238. The maximum Gasteiger partial charge on any atom is 0.132 e.